The van der Waals surface area contributed by atoms with Gasteiger partial charge in [-0.3, -0.25) is 9.59 Å². The lowest BCUT2D eigenvalue weighted by Crippen LogP contribution is -2.50. The number of carbonyl (C=O) groups excluding carboxylic acids is 2. The Kier molecular flexibility index (Phi) is 10.6. The van der Waals surface area contributed by atoms with Crippen LogP contribution in [0.1, 0.15) is 38.8 Å². The maximum atomic E-state index is 14.7. The molecule has 0 unspecified atom stereocenters. The molecule has 256 valence electrons. The van der Waals surface area contributed by atoms with Crippen LogP contribution >= 0.6 is 11.6 Å². The highest BCUT2D eigenvalue weighted by molar-refractivity contribution is 6.34. The number of anilines is 2. The summed E-state index contributed by atoms with van der Waals surface area (Å²) in [5.74, 6) is -4.68. The van der Waals surface area contributed by atoms with E-state index < -0.39 is 87.1 Å². The van der Waals surface area contributed by atoms with Gasteiger partial charge >= 0.3 is 30.8 Å². The van der Waals surface area contributed by atoms with Gasteiger partial charge in [-0.1, -0.05) is 29.8 Å². The second-order valence-electron chi connectivity index (χ2n) is 9.27. The number of ether oxygens (including phenoxy) is 2. The molecule has 19 heteroatoms. The third-order valence-electron chi connectivity index (χ3n) is 6.45. The summed E-state index contributed by atoms with van der Waals surface area (Å²) in [6.45, 7) is -2.86. The number of halogens is 13. The SMILES string of the molecule is CCN(C(=O)c1ccccc1C(F)(F)F)c1cccc(C(=O)Nc2c(Cl)cc(C(F)(C(F)(F)F)C(F)(F)F)cc2OC(F)F)c1OC. The highest BCUT2D eigenvalue weighted by Crippen LogP contribution is 2.55. The molecule has 0 aliphatic rings. The smallest absolute Gasteiger partial charge is 0.435 e. The predicted octanol–water partition coefficient (Wildman–Crippen LogP) is 9.18. The second-order valence-corrected chi connectivity index (χ2v) is 9.68. The van der Waals surface area contributed by atoms with E-state index in [1.54, 1.807) is 0 Å². The Labute approximate surface area is 261 Å². The molecular formula is C28H19ClF12N2O4. The van der Waals surface area contributed by atoms with Gasteiger partial charge in [-0.2, -0.15) is 48.3 Å². The Hall–Kier alpha value is -4.35. The summed E-state index contributed by atoms with van der Waals surface area (Å²) in [4.78, 5) is 27.4. The van der Waals surface area contributed by atoms with E-state index in [2.05, 4.69) is 4.74 Å². The summed E-state index contributed by atoms with van der Waals surface area (Å²) in [5, 5.41) is 0.559. The number of benzene rings is 3. The minimum atomic E-state index is -6.65. The molecule has 0 fully saturated rings. The van der Waals surface area contributed by atoms with Crippen LogP contribution in [0.25, 0.3) is 0 Å². The monoisotopic (exact) mass is 710 g/mol. The summed E-state index contributed by atoms with van der Waals surface area (Å²) >= 11 is 5.78. The number of carbonyl (C=O) groups is 2. The van der Waals surface area contributed by atoms with Gasteiger partial charge in [-0.05, 0) is 43.3 Å². The quantitative estimate of drug-likeness (QED) is 0.225. The molecule has 0 heterocycles. The molecule has 0 bridgehead atoms. The van der Waals surface area contributed by atoms with Crippen LogP contribution in [0.15, 0.2) is 54.6 Å². The van der Waals surface area contributed by atoms with Crippen LogP contribution in [0.4, 0.5) is 64.1 Å². The van der Waals surface area contributed by atoms with Crippen molar-refractivity contribution in [3.05, 3.63) is 81.9 Å². The topological polar surface area (TPSA) is 67.9 Å². The van der Waals surface area contributed by atoms with Gasteiger partial charge in [-0.15, -0.1) is 0 Å². The number of rotatable bonds is 9. The first-order chi connectivity index (χ1) is 21.6. The van der Waals surface area contributed by atoms with Gasteiger partial charge in [0.15, 0.2) is 11.5 Å². The summed E-state index contributed by atoms with van der Waals surface area (Å²) < 4.78 is 171. The van der Waals surface area contributed by atoms with E-state index in [0.29, 0.717) is 6.07 Å². The van der Waals surface area contributed by atoms with E-state index in [9.17, 15) is 62.3 Å². The zero-order chi connectivity index (χ0) is 35.7. The molecule has 1 N–H and O–H groups in total. The number of nitrogens with zero attached hydrogens (tertiary/aromatic N) is 1. The van der Waals surface area contributed by atoms with Crippen LogP contribution in [0.2, 0.25) is 5.02 Å². The van der Waals surface area contributed by atoms with Crippen LogP contribution in [-0.4, -0.2) is 44.4 Å². The molecule has 2 amide bonds. The number of nitrogens with one attached hydrogen (secondary N) is 1. The molecule has 0 aromatic heterocycles. The molecule has 6 nitrogen and oxygen atoms in total. The lowest BCUT2D eigenvalue weighted by atomic mass is 9.93. The Balaban J connectivity index is 2.14. The van der Waals surface area contributed by atoms with Crippen LogP contribution < -0.4 is 19.7 Å². The fourth-order valence-electron chi connectivity index (χ4n) is 4.38. The summed E-state index contributed by atoms with van der Waals surface area (Å²) in [5.41, 5.74) is -12.4. The van der Waals surface area contributed by atoms with Gasteiger partial charge in [0.25, 0.3) is 11.8 Å². The average Bonchev–Trinajstić information content (AvgIpc) is 2.96. The molecule has 0 saturated heterocycles. The van der Waals surface area contributed by atoms with E-state index in [1.807, 2.05) is 5.32 Å². The van der Waals surface area contributed by atoms with Crippen LogP contribution in [0.3, 0.4) is 0 Å². The Morgan fingerprint density at radius 1 is 0.872 bits per heavy atom. The second kappa shape index (κ2) is 13.4. The van der Waals surface area contributed by atoms with Gasteiger partial charge in [0, 0.05) is 12.1 Å². The molecule has 0 atom stereocenters. The molecule has 0 saturated carbocycles. The van der Waals surface area contributed by atoms with Crippen molar-refractivity contribution in [2.24, 2.45) is 0 Å². The number of methoxy groups -OCH3 is 1. The fraction of sp³-hybridized carbons (Fsp3) is 0.286. The van der Waals surface area contributed by atoms with Gasteiger partial charge in [0.2, 0.25) is 0 Å². The zero-order valence-electron chi connectivity index (χ0n) is 23.5. The van der Waals surface area contributed by atoms with Crippen LogP contribution in [-0.2, 0) is 11.8 Å². The van der Waals surface area contributed by atoms with Crippen LogP contribution in [0.5, 0.6) is 11.5 Å². The number of hydrogen-bond acceptors (Lipinski definition) is 4. The van der Waals surface area contributed by atoms with Crippen molar-refractivity contribution in [2.45, 2.75) is 37.7 Å². The largest absolute Gasteiger partial charge is 0.494 e. The summed E-state index contributed by atoms with van der Waals surface area (Å²) in [6.07, 6.45) is -18.2. The fourth-order valence-corrected chi connectivity index (χ4v) is 4.63. The van der Waals surface area contributed by atoms with E-state index in [0.717, 1.165) is 42.3 Å². The standard InChI is InChI=1S/C28H19ClF12N2O4/c1-3-43(23(45)14-7-4-5-9-16(14)26(33,34)35)18-10-6-8-15(21(18)46-2)22(44)42-20-17(29)11-13(12-19(20)47-24(30)31)25(32,27(36,37)38)28(39,40)41/h4-12,24H,3H2,1-2H3,(H,42,44). The Morgan fingerprint density at radius 2 is 1.45 bits per heavy atom. The molecule has 0 radical (unpaired) electrons. The number of alkyl halides is 12. The van der Waals surface area contributed by atoms with Gasteiger partial charge in [-0.25, -0.2) is 4.39 Å². The first kappa shape index (κ1) is 37.1. The first-order valence-electron chi connectivity index (χ1n) is 12.7. The van der Waals surface area contributed by atoms with Gasteiger partial charge in [0.05, 0.1) is 34.5 Å². The predicted molar refractivity (Wildman–Crippen MR) is 143 cm³/mol. The molecule has 0 aliphatic heterocycles. The molecule has 0 spiro atoms. The number of hydrogen-bond donors (Lipinski definition) is 1. The van der Waals surface area contributed by atoms with Crippen molar-refractivity contribution < 1.29 is 71.7 Å². The Morgan fingerprint density at radius 3 is 1.96 bits per heavy atom. The van der Waals surface area contributed by atoms with E-state index >= 15 is 0 Å². The lowest BCUT2D eigenvalue weighted by molar-refractivity contribution is -0.348. The van der Waals surface area contributed by atoms with Crippen molar-refractivity contribution >= 4 is 34.8 Å². The van der Waals surface area contributed by atoms with Gasteiger partial charge in [0.1, 0.15) is 5.69 Å². The minimum Gasteiger partial charge on any atom is -0.494 e. The molecular weight excluding hydrogens is 692 g/mol. The van der Waals surface area contributed by atoms with Crippen molar-refractivity contribution in [1.29, 1.82) is 0 Å². The zero-order valence-corrected chi connectivity index (χ0v) is 24.2. The minimum absolute atomic E-state index is 0.209. The normalized spacial score (nSPS) is 12.6. The van der Waals surface area contributed by atoms with Crippen molar-refractivity contribution in [1.82, 2.24) is 0 Å². The maximum absolute atomic E-state index is 14.7. The first-order valence-corrected chi connectivity index (χ1v) is 13.1. The molecule has 3 rings (SSSR count). The molecule has 47 heavy (non-hydrogen) atoms. The van der Waals surface area contributed by atoms with Crippen molar-refractivity contribution in [2.75, 3.05) is 23.9 Å². The summed E-state index contributed by atoms with van der Waals surface area (Å²) in [6, 6.07) is 6.46. The highest BCUT2D eigenvalue weighted by atomic mass is 35.5. The molecule has 3 aromatic carbocycles. The Bertz CT molecular complexity index is 1630. The van der Waals surface area contributed by atoms with E-state index in [4.69, 9.17) is 16.3 Å². The van der Waals surface area contributed by atoms with E-state index in [1.165, 1.54) is 13.0 Å². The van der Waals surface area contributed by atoms with Crippen molar-refractivity contribution in [3.63, 3.8) is 0 Å². The van der Waals surface area contributed by atoms with E-state index in [-0.39, 0.29) is 24.4 Å². The third kappa shape index (κ3) is 7.31. The average molecular weight is 711 g/mol. The highest BCUT2D eigenvalue weighted by Gasteiger charge is 2.73. The third-order valence-corrected chi connectivity index (χ3v) is 6.74. The van der Waals surface area contributed by atoms with Crippen molar-refractivity contribution in [3.8, 4) is 11.5 Å². The number of amides is 2. The molecule has 0 aliphatic carbocycles. The maximum Gasteiger partial charge on any atom is 0.435 e. The van der Waals surface area contributed by atoms with Gasteiger partial charge < -0.3 is 19.7 Å². The molecule has 3 aromatic rings. The summed E-state index contributed by atoms with van der Waals surface area (Å²) in [7, 11) is 0.972. The lowest BCUT2D eigenvalue weighted by Gasteiger charge is -2.31. The van der Waals surface area contributed by atoms with Crippen LogP contribution in [0, 0.1) is 0 Å². The number of para-hydroxylation sites is 1.